The average molecular weight is 252 g/mol. The minimum Gasteiger partial charge on any atom is -0.481 e. The molecule has 0 aromatic heterocycles. The van der Waals surface area contributed by atoms with Crippen LogP contribution < -0.4 is 0 Å². The van der Waals surface area contributed by atoms with Crippen molar-refractivity contribution in [1.29, 1.82) is 0 Å². The Bertz CT molecular complexity index is 413. The van der Waals surface area contributed by atoms with Crippen molar-refractivity contribution in [2.24, 2.45) is 11.8 Å². The molecule has 1 aromatic carbocycles. The molecular weight excluding hydrogens is 235 g/mol. The number of hydrogen-bond donors (Lipinski definition) is 1. The third kappa shape index (κ3) is 3.07. The lowest BCUT2D eigenvalue weighted by atomic mass is 9.83. The molecule has 0 amide bonds. The summed E-state index contributed by atoms with van der Waals surface area (Å²) in [5, 5.41) is 9.30. The first-order valence-corrected chi connectivity index (χ1v) is 6.22. The van der Waals surface area contributed by atoms with E-state index >= 15 is 0 Å². The lowest BCUT2D eigenvalue weighted by molar-refractivity contribution is -0.145. The van der Waals surface area contributed by atoms with Gasteiger partial charge in [0.05, 0.1) is 12.5 Å². The molecule has 1 aliphatic heterocycles. The Morgan fingerprint density at radius 2 is 2.28 bits per heavy atom. The van der Waals surface area contributed by atoms with Gasteiger partial charge in [-0.15, -0.1) is 0 Å². The summed E-state index contributed by atoms with van der Waals surface area (Å²) in [6.07, 6.45) is 1.95. The van der Waals surface area contributed by atoms with E-state index in [9.17, 15) is 14.3 Å². The van der Waals surface area contributed by atoms with E-state index in [-0.39, 0.29) is 18.2 Å². The van der Waals surface area contributed by atoms with Crippen molar-refractivity contribution < 1.29 is 19.0 Å². The van der Waals surface area contributed by atoms with Crippen LogP contribution in [0.2, 0.25) is 0 Å². The van der Waals surface area contributed by atoms with Gasteiger partial charge in [-0.1, -0.05) is 18.2 Å². The number of aliphatic carboxylic acids is 1. The van der Waals surface area contributed by atoms with Gasteiger partial charge >= 0.3 is 5.97 Å². The Hall–Kier alpha value is -1.42. The fourth-order valence-electron chi connectivity index (χ4n) is 2.44. The minimum absolute atomic E-state index is 0.0177. The van der Waals surface area contributed by atoms with Crippen molar-refractivity contribution in [2.45, 2.75) is 19.3 Å². The quantitative estimate of drug-likeness (QED) is 0.895. The second-order valence-corrected chi connectivity index (χ2v) is 4.72. The molecule has 1 aromatic rings. The fourth-order valence-corrected chi connectivity index (χ4v) is 2.44. The van der Waals surface area contributed by atoms with E-state index in [1.165, 1.54) is 6.07 Å². The highest BCUT2D eigenvalue weighted by molar-refractivity contribution is 5.70. The molecule has 0 spiro atoms. The Balaban J connectivity index is 2.11. The first kappa shape index (κ1) is 13.0. The highest BCUT2D eigenvalue weighted by Crippen LogP contribution is 2.26. The Labute approximate surface area is 106 Å². The fraction of sp³-hybridized carbons (Fsp3) is 0.500. The maximum absolute atomic E-state index is 13.6. The molecule has 0 radical (unpaired) electrons. The molecule has 4 heteroatoms. The highest BCUT2D eigenvalue weighted by atomic mass is 19.1. The van der Waals surface area contributed by atoms with Gasteiger partial charge in [0, 0.05) is 6.61 Å². The number of carboxylic acid groups (broad SMARTS) is 1. The van der Waals surface area contributed by atoms with Gasteiger partial charge in [0.15, 0.2) is 0 Å². The molecule has 0 saturated carbocycles. The van der Waals surface area contributed by atoms with Gasteiger partial charge in [-0.05, 0) is 36.8 Å². The summed E-state index contributed by atoms with van der Waals surface area (Å²) in [4.78, 5) is 11.3. The van der Waals surface area contributed by atoms with E-state index in [0.717, 1.165) is 12.8 Å². The second kappa shape index (κ2) is 5.96. The second-order valence-electron chi connectivity index (χ2n) is 4.72. The molecule has 18 heavy (non-hydrogen) atoms. The van der Waals surface area contributed by atoms with Crippen LogP contribution in [0.15, 0.2) is 24.3 Å². The smallest absolute Gasteiger partial charge is 0.307 e. The molecule has 0 bridgehead atoms. The van der Waals surface area contributed by atoms with Crippen molar-refractivity contribution in [3.8, 4) is 0 Å². The molecule has 1 saturated heterocycles. The maximum Gasteiger partial charge on any atom is 0.307 e. The van der Waals surface area contributed by atoms with Crippen LogP contribution in [0.1, 0.15) is 18.4 Å². The lowest BCUT2D eigenvalue weighted by Gasteiger charge is -2.27. The maximum atomic E-state index is 13.6. The molecule has 1 aliphatic rings. The molecule has 1 N–H and O–H groups in total. The summed E-state index contributed by atoms with van der Waals surface area (Å²) in [7, 11) is 0. The van der Waals surface area contributed by atoms with E-state index in [2.05, 4.69) is 0 Å². The van der Waals surface area contributed by atoms with Gasteiger partial charge in [0.25, 0.3) is 0 Å². The van der Waals surface area contributed by atoms with E-state index in [4.69, 9.17) is 4.74 Å². The molecule has 1 fully saturated rings. The predicted octanol–water partition coefficient (Wildman–Crippen LogP) is 2.50. The Morgan fingerprint density at radius 1 is 1.50 bits per heavy atom. The third-order valence-electron chi connectivity index (χ3n) is 3.48. The predicted molar refractivity (Wildman–Crippen MR) is 64.8 cm³/mol. The van der Waals surface area contributed by atoms with Crippen molar-refractivity contribution in [3.05, 3.63) is 35.6 Å². The normalized spacial score (nSPS) is 21.5. The zero-order chi connectivity index (χ0) is 13.0. The zero-order valence-electron chi connectivity index (χ0n) is 10.1. The van der Waals surface area contributed by atoms with Gasteiger partial charge in [-0.3, -0.25) is 4.79 Å². The van der Waals surface area contributed by atoms with Gasteiger partial charge in [0.2, 0.25) is 0 Å². The number of hydrogen-bond acceptors (Lipinski definition) is 2. The van der Waals surface area contributed by atoms with Gasteiger partial charge in [-0.25, -0.2) is 4.39 Å². The van der Waals surface area contributed by atoms with E-state index in [1.807, 2.05) is 0 Å². The van der Waals surface area contributed by atoms with Crippen LogP contribution in [0.5, 0.6) is 0 Å². The highest BCUT2D eigenvalue weighted by Gasteiger charge is 2.30. The van der Waals surface area contributed by atoms with Crippen LogP contribution in [0.3, 0.4) is 0 Å². The SMILES string of the molecule is O=C(O)C(Cc1ccccc1F)C1CCCOC1. The Morgan fingerprint density at radius 3 is 2.89 bits per heavy atom. The number of carboxylic acids is 1. The monoisotopic (exact) mass is 252 g/mol. The van der Waals surface area contributed by atoms with E-state index in [0.29, 0.717) is 18.8 Å². The van der Waals surface area contributed by atoms with Crippen LogP contribution in [0, 0.1) is 17.7 Å². The molecule has 2 atom stereocenters. The summed E-state index contributed by atoms with van der Waals surface area (Å²) >= 11 is 0. The van der Waals surface area contributed by atoms with Gasteiger partial charge < -0.3 is 9.84 Å². The summed E-state index contributed by atoms with van der Waals surface area (Å²) in [6, 6.07) is 6.35. The first-order valence-electron chi connectivity index (χ1n) is 6.22. The molecule has 2 rings (SSSR count). The number of halogens is 1. The number of rotatable bonds is 4. The summed E-state index contributed by atoms with van der Waals surface area (Å²) in [6.45, 7) is 1.16. The van der Waals surface area contributed by atoms with Gasteiger partial charge in [-0.2, -0.15) is 0 Å². The third-order valence-corrected chi connectivity index (χ3v) is 3.48. The van der Waals surface area contributed by atoms with Crippen LogP contribution in [0.4, 0.5) is 4.39 Å². The standard InChI is InChI=1S/C14H17FO3/c15-13-6-2-1-4-10(13)8-12(14(16)17)11-5-3-7-18-9-11/h1-2,4,6,11-12H,3,5,7-9H2,(H,16,17). The number of ether oxygens (including phenoxy) is 1. The summed E-state index contributed by atoms with van der Waals surface area (Å²) in [5.41, 5.74) is 0.468. The van der Waals surface area contributed by atoms with Crippen LogP contribution in [0.25, 0.3) is 0 Å². The van der Waals surface area contributed by atoms with E-state index < -0.39 is 11.9 Å². The van der Waals surface area contributed by atoms with Crippen LogP contribution in [-0.4, -0.2) is 24.3 Å². The van der Waals surface area contributed by atoms with Crippen molar-refractivity contribution in [1.82, 2.24) is 0 Å². The van der Waals surface area contributed by atoms with Crippen molar-refractivity contribution in [3.63, 3.8) is 0 Å². The minimum atomic E-state index is -0.867. The molecular formula is C14H17FO3. The Kier molecular flexibility index (Phi) is 4.31. The van der Waals surface area contributed by atoms with Crippen LogP contribution >= 0.6 is 0 Å². The molecule has 98 valence electrons. The van der Waals surface area contributed by atoms with Crippen molar-refractivity contribution >= 4 is 5.97 Å². The van der Waals surface area contributed by atoms with Crippen LogP contribution in [-0.2, 0) is 16.0 Å². The topological polar surface area (TPSA) is 46.5 Å². The molecule has 3 nitrogen and oxygen atoms in total. The molecule has 0 aliphatic carbocycles. The lowest BCUT2D eigenvalue weighted by Crippen LogP contribution is -2.32. The summed E-state index contributed by atoms with van der Waals surface area (Å²) in [5.74, 6) is -1.78. The average Bonchev–Trinajstić information content (AvgIpc) is 2.38. The van der Waals surface area contributed by atoms with E-state index in [1.54, 1.807) is 18.2 Å². The first-order chi connectivity index (χ1) is 8.68. The zero-order valence-corrected chi connectivity index (χ0v) is 10.1. The van der Waals surface area contributed by atoms with Gasteiger partial charge in [0.1, 0.15) is 5.82 Å². The van der Waals surface area contributed by atoms with Crippen molar-refractivity contribution in [2.75, 3.05) is 13.2 Å². The summed E-state index contributed by atoms with van der Waals surface area (Å²) < 4.78 is 18.9. The number of benzene rings is 1. The molecule has 1 heterocycles. The molecule has 2 unspecified atom stereocenters. The largest absolute Gasteiger partial charge is 0.481 e. The number of carbonyl (C=O) groups is 1.